The molecule has 0 bridgehead atoms. The van der Waals surface area contributed by atoms with E-state index in [2.05, 4.69) is 24.3 Å². The number of nitrogens with one attached hydrogen (secondary N) is 1. The molecule has 2 rings (SSSR count). The molecule has 0 aliphatic heterocycles. The topological polar surface area (TPSA) is 59.1 Å². The highest BCUT2D eigenvalue weighted by Crippen LogP contribution is 2.23. The van der Waals surface area contributed by atoms with Crippen LogP contribution in [0.2, 0.25) is 5.02 Å². The number of amidine groups is 1. The number of unbranched alkanes of at least 4 members (excludes halogenated alkanes) is 1. The van der Waals surface area contributed by atoms with Crippen molar-refractivity contribution in [2.24, 2.45) is 5.73 Å². The number of hydrogen-bond donors (Lipinski definition) is 2. The van der Waals surface area contributed by atoms with Gasteiger partial charge in [0.25, 0.3) is 0 Å². The second-order valence-corrected chi connectivity index (χ2v) is 5.28. The van der Waals surface area contributed by atoms with Gasteiger partial charge in [0.2, 0.25) is 0 Å². The Labute approximate surface area is 130 Å². The Bertz CT molecular complexity index is 599. The fourth-order valence-electron chi connectivity index (χ4n) is 2.10. The van der Waals surface area contributed by atoms with E-state index >= 15 is 0 Å². The van der Waals surface area contributed by atoms with Gasteiger partial charge in [0.05, 0.1) is 12.2 Å². The summed E-state index contributed by atoms with van der Waals surface area (Å²) in [5.41, 5.74) is 7.45. The Balaban J connectivity index is 1.81. The summed E-state index contributed by atoms with van der Waals surface area (Å²) in [6.45, 7) is 0.591. The van der Waals surface area contributed by atoms with Crippen molar-refractivity contribution in [2.75, 3.05) is 6.61 Å². The van der Waals surface area contributed by atoms with Crippen LogP contribution in [0.1, 0.15) is 24.0 Å². The molecule has 2 aromatic rings. The molecule has 0 aliphatic rings. The second kappa shape index (κ2) is 7.70. The van der Waals surface area contributed by atoms with Gasteiger partial charge in [-0.2, -0.15) is 0 Å². The maximum Gasteiger partial charge on any atom is 0.131 e. The first-order valence-corrected chi connectivity index (χ1v) is 7.35. The number of rotatable bonds is 7. The Kier molecular flexibility index (Phi) is 5.64. The van der Waals surface area contributed by atoms with Crippen LogP contribution < -0.4 is 10.5 Å². The summed E-state index contributed by atoms with van der Waals surface area (Å²) in [6, 6.07) is 15.5. The number of nitrogen functional groups attached to an aromatic ring is 1. The lowest BCUT2D eigenvalue weighted by molar-refractivity contribution is 0.306. The van der Waals surface area contributed by atoms with E-state index in [0.29, 0.717) is 22.9 Å². The van der Waals surface area contributed by atoms with E-state index in [1.807, 2.05) is 6.07 Å². The van der Waals surface area contributed by atoms with Crippen molar-refractivity contribution >= 4 is 17.4 Å². The summed E-state index contributed by atoms with van der Waals surface area (Å²) in [6.07, 6.45) is 3.04. The highest BCUT2D eigenvalue weighted by Gasteiger charge is 2.07. The van der Waals surface area contributed by atoms with Gasteiger partial charge >= 0.3 is 0 Å². The number of halogens is 1. The maximum absolute atomic E-state index is 7.53. The van der Waals surface area contributed by atoms with E-state index in [1.54, 1.807) is 18.2 Å². The fraction of sp³-hybridized carbons (Fsp3) is 0.235. The highest BCUT2D eigenvalue weighted by atomic mass is 35.5. The van der Waals surface area contributed by atoms with Crippen LogP contribution in [0.15, 0.2) is 48.5 Å². The molecule has 0 spiro atoms. The zero-order chi connectivity index (χ0) is 15.1. The van der Waals surface area contributed by atoms with E-state index in [9.17, 15) is 0 Å². The molecule has 0 aromatic heterocycles. The fourth-order valence-corrected chi connectivity index (χ4v) is 2.26. The lowest BCUT2D eigenvalue weighted by atomic mass is 10.1. The molecule has 4 heteroatoms. The van der Waals surface area contributed by atoms with Gasteiger partial charge < -0.3 is 10.5 Å². The average Bonchev–Trinajstić information content (AvgIpc) is 2.48. The molecule has 0 atom stereocenters. The van der Waals surface area contributed by atoms with Crippen molar-refractivity contribution < 1.29 is 4.74 Å². The first-order valence-electron chi connectivity index (χ1n) is 6.97. The predicted molar refractivity (Wildman–Crippen MR) is 87.3 cm³/mol. The normalized spacial score (nSPS) is 10.3. The Morgan fingerprint density at radius 1 is 1.10 bits per heavy atom. The molecule has 0 aliphatic carbocycles. The number of benzene rings is 2. The molecule has 3 nitrogen and oxygen atoms in total. The molecule has 0 unspecified atom stereocenters. The van der Waals surface area contributed by atoms with Gasteiger partial charge in [-0.15, -0.1) is 0 Å². The summed E-state index contributed by atoms with van der Waals surface area (Å²) in [4.78, 5) is 0. The van der Waals surface area contributed by atoms with Gasteiger partial charge in [0.15, 0.2) is 0 Å². The summed E-state index contributed by atoms with van der Waals surface area (Å²) < 4.78 is 5.71. The molecule has 2 aromatic carbocycles. The minimum atomic E-state index is -0.00838. The summed E-state index contributed by atoms with van der Waals surface area (Å²) in [5, 5.41) is 8.11. The SMILES string of the molecule is N=C(N)c1ccc(Cl)cc1OCCCCc1ccccc1. The van der Waals surface area contributed by atoms with Crippen LogP contribution in [0.25, 0.3) is 0 Å². The lowest BCUT2D eigenvalue weighted by Crippen LogP contribution is -2.13. The molecule has 0 radical (unpaired) electrons. The van der Waals surface area contributed by atoms with E-state index < -0.39 is 0 Å². The zero-order valence-electron chi connectivity index (χ0n) is 11.8. The number of nitrogens with two attached hydrogens (primary N) is 1. The summed E-state index contributed by atoms with van der Waals surface area (Å²) in [5.74, 6) is 0.570. The van der Waals surface area contributed by atoms with E-state index in [-0.39, 0.29) is 5.84 Å². The first kappa shape index (κ1) is 15.4. The van der Waals surface area contributed by atoms with Crippen molar-refractivity contribution in [3.05, 3.63) is 64.7 Å². The summed E-state index contributed by atoms with van der Waals surface area (Å²) >= 11 is 5.95. The molecule has 21 heavy (non-hydrogen) atoms. The van der Waals surface area contributed by atoms with E-state index in [4.69, 9.17) is 27.5 Å². The van der Waals surface area contributed by atoms with Gasteiger partial charge in [-0.1, -0.05) is 41.9 Å². The van der Waals surface area contributed by atoms with Crippen LogP contribution in [-0.2, 0) is 6.42 Å². The van der Waals surface area contributed by atoms with Crippen LogP contribution in [0, 0.1) is 5.41 Å². The van der Waals surface area contributed by atoms with Gasteiger partial charge in [0.1, 0.15) is 11.6 Å². The molecule has 0 amide bonds. The van der Waals surface area contributed by atoms with Gasteiger partial charge in [-0.05, 0) is 43.0 Å². The average molecular weight is 303 g/mol. The van der Waals surface area contributed by atoms with Crippen molar-refractivity contribution in [1.29, 1.82) is 5.41 Å². The second-order valence-electron chi connectivity index (χ2n) is 4.85. The Morgan fingerprint density at radius 2 is 1.86 bits per heavy atom. The lowest BCUT2D eigenvalue weighted by Gasteiger charge is -2.11. The standard InChI is InChI=1S/C17H19ClN2O/c18-14-9-10-15(17(19)20)16(12-14)21-11-5-4-8-13-6-2-1-3-7-13/h1-3,6-7,9-10,12H,4-5,8,11H2,(H3,19,20). The highest BCUT2D eigenvalue weighted by molar-refractivity contribution is 6.30. The number of aryl methyl sites for hydroxylation is 1. The summed E-state index contributed by atoms with van der Waals surface area (Å²) in [7, 11) is 0. The number of hydrogen-bond acceptors (Lipinski definition) is 2. The third kappa shape index (κ3) is 4.80. The molecular weight excluding hydrogens is 284 g/mol. The molecular formula is C17H19ClN2O. The third-order valence-electron chi connectivity index (χ3n) is 3.19. The van der Waals surface area contributed by atoms with Crippen molar-refractivity contribution in [3.8, 4) is 5.75 Å². The molecule has 0 fully saturated rings. The van der Waals surface area contributed by atoms with Crippen molar-refractivity contribution in [1.82, 2.24) is 0 Å². The Hall–Kier alpha value is -2.00. The van der Waals surface area contributed by atoms with Crippen LogP contribution in [-0.4, -0.2) is 12.4 Å². The van der Waals surface area contributed by atoms with Gasteiger partial charge in [-0.25, -0.2) is 0 Å². The predicted octanol–water partition coefficient (Wildman–Crippen LogP) is 4.03. The molecule has 0 heterocycles. The van der Waals surface area contributed by atoms with Gasteiger partial charge in [0, 0.05) is 5.02 Å². The first-order chi connectivity index (χ1) is 10.2. The largest absolute Gasteiger partial charge is 0.493 e. The molecule has 3 N–H and O–H groups in total. The van der Waals surface area contributed by atoms with Crippen LogP contribution in [0.3, 0.4) is 0 Å². The van der Waals surface area contributed by atoms with Gasteiger partial charge in [-0.3, -0.25) is 5.41 Å². The van der Waals surface area contributed by atoms with Crippen LogP contribution in [0.4, 0.5) is 0 Å². The Morgan fingerprint density at radius 3 is 2.57 bits per heavy atom. The van der Waals surface area contributed by atoms with E-state index in [1.165, 1.54) is 5.56 Å². The van der Waals surface area contributed by atoms with Crippen LogP contribution >= 0.6 is 11.6 Å². The molecule has 0 saturated carbocycles. The maximum atomic E-state index is 7.53. The monoisotopic (exact) mass is 302 g/mol. The molecule has 0 saturated heterocycles. The molecule has 110 valence electrons. The van der Waals surface area contributed by atoms with E-state index in [0.717, 1.165) is 19.3 Å². The minimum absolute atomic E-state index is 0.00838. The zero-order valence-corrected chi connectivity index (χ0v) is 12.6. The quantitative estimate of drug-likeness (QED) is 0.461. The number of ether oxygens (including phenoxy) is 1. The smallest absolute Gasteiger partial charge is 0.131 e. The third-order valence-corrected chi connectivity index (χ3v) is 3.43. The van der Waals surface area contributed by atoms with Crippen molar-refractivity contribution in [3.63, 3.8) is 0 Å². The van der Waals surface area contributed by atoms with Crippen LogP contribution in [0.5, 0.6) is 5.75 Å². The minimum Gasteiger partial charge on any atom is -0.493 e. The van der Waals surface area contributed by atoms with Crippen molar-refractivity contribution in [2.45, 2.75) is 19.3 Å².